The number of rotatable bonds is 4. The highest BCUT2D eigenvalue weighted by Gasteiger charge is 2.15. The highest BCUT2D eigenvalue weighted by atomic mass is 19.1. The summed E-state index contributed by atoms with van der Waals surface area (Å²) in [6.07, 6.45) is 1.49. The van der Waals surface area contributed by atoms with E-state index in [1.165, 1.54) is 18.4 Å². The van der Waals surface area contributed by atoms with Gasteiger partial charge in [-0.2, -0.15) is 0 Å². The van der Waals surface area contributed by atoms with Crippen LogP contribution in [0.15, 0.2) is 59.2 Å². The fourth-order valence-corrected chi connectivity index (χ4v) is 2.28. The zero-order valence-corrected chi connectivity index (χ0v) is 11.5. The third kappa shape index (κ3) is 2.65. The number of benzene rings is 2. The first-order valence-corrected chi connectivity index (χ1v) is 6.61. The van der Waals surface area contributed by atoms with E-state index in [4.69, 9.17) is 4.42 Å². The van der Waals surface area contributed by atoms with E-state index in [1.807, 2.05) is 24.3 Å². The van der Waals surface area contributed by atoms with E-state index in [0.717, 1.165) is 11.1 Å². The van der Waals surface area contributed by atoms with Crippen LogP contribution < -0.4 is 4.90 Å². The van der Waals surface area contributed by atoms with Crippen molar-refractivity contribution in [3.63, 3.8) is 0 Å². The molecule has 0 unspecified atom stereocenters. The average Bonchev–Trinajstić information content (AvgIpc) is 2.92. The first-order chi connectivity index (χ1) is 10.1. The number of fused-ring (bicyclic) bond motifs is 1. The molecular weight excluding hydrogens is 269 g/mol. The molecule has 0 fully saturated rings. The molecule has 2 aromatic carbocycles. The summed E-state index contributed by atoms with van der Waals surface area (Å²) in [5.41, 5.74) is 2.06. The maximum absolute atomic E-state index is 12.9. The Kier molecular flexibility index (Phi) is 3.44. The monoisotopic (exact) mass is 283 g/mol. The molecule has 0 atom stereocenters. The summed E-state index contributed by atoms with van der Waals surface area (Å²) in [5, 5.41) is 0.815. The predicted octanol–water partition coefficient (Wildman–Crippen LogP) is 3.89. The molecule has 0 aliphatic rings. The van der Waals surface area contributed by atoms with Crippen molar-refractivity contribution in [3.8, 4) is 0 Å². The number of carbonyl (C=O) groups is 1. The lowest BCUT2D eigenvalue weighted by atomic mass is 10.1. The van der Waals surface area contributed by atoms with E-state index in [9.17, 15) is 9.18 Å². The van der Waals surface area contributed by atoms with Gasteiger partial charge in [0.1, 0.15) is 17.7 Å². The van der Waals surface area contributed by atoms with Crippen LogP contribution in [0.2, 0.25) is 0 Å². The Balaban J connectivity index is 1.81. The largest absolute Gasteiger partial charge is 0.464 e. The number of nitrogens with zero attached hydrogens (tertiary/aromatic N) is 1. The molecule has 0 aliphatic heterocycles. The molecule has 3 rings (SSSR count). The van der Waals surface area contributed by atoms with E-state index in [0.29, 0.717) is 11.1 Å². The number of Topliss-reactive ketones (excluding diaryl/α,β-unsaturated/α-hetero) is 1. The van der Waals surface area contributed by atoms with Gasteiger partial charge in [-0.05, 0) is 30.3 Å². The standard InChI is InChI=1S/C17H14FNO2/c1-19(13-8-6-12(18)7-9-13)10-16(20)15-11-21-17-5-3-2-4-14(15)17/h2-9,11H,10H2,1H3. The van der Waals surface area contributed by atoms with Crippen molar-refractivity contribution in [2.75, 3.05) is 18.5 Å². The zero-order chi connectivity index (χ0) is 14.8. The Morgan fingerprint density at radius 1 is 1.14 bits per heavy atom. The van der Waals surface area contributed by atoms with Gasteiger partial charge in [0, 0.05) is 18.1 Å². The molecule has 106 valence electrons. The lowest BCUT2D eigenvalue weighted by molar-refractivity contribution is 0.100. The second-order valence-corrected chi connectivity index (χ2v) is 4.90. The molecule has 0 N–H and O–H groups in total. The SMILES string of the molecule is CN(CC(=O)c1coc2ccccc12)c1ccc(F)cc1. The molecular formula is C17H14FNO2. The minimum absolute atomic E-state index is 0.0354. The van der Waals surface area contributed by atoms with Crippen LogP contribution in [0.1, 0.15) is 10.4 Å². The molecule has 0 bridgehead atoms. The van der Waals surface area contributed by atoms with Crippen LogP contribution in [0.4, 0.5) is 10.1 Å². The molecule has 0 saturated heterocycles. The van der Waals surface area contributed by atoms with Crippen molar-refractivity contribution in [3.05, 3.63) is 66.2 Å². The van der Waals surface area contributed by atoms with Gasteiger partial charge in [-0.15, -0.1) is 0 Å². The fraction of sp³-hybridized carbons (Fsp3) is 0.118. The van der Waals surface area contributed by atoms with Gasteiger partial charge in [0.25, 0.3) is 0 Å². The molecule has 21 heavy (non-hydrogen) atoms. The van der Waals surface area contributed by atoms with E-state index in [-0.39, 0.29) is 18.1 Å². The fourth-order valence-electron chi connectivity index (χ4n) is 2.28. The predicted molar refractivity (Wildman–Crippen MR) is 80.2 cm³/mol. The van der Waals surface area contributed by atoms with E-state index < -0.39 is 0 Å². The summed E-state index contributed by atoms with van der Waals surface area (Å²) < 4.78 is 18.3. The highest BCUT2D eigenvalue weighted by molar-refractivity contribution is 6.08. The molecule has 1 heterocycles. The smallest absolute Gasteiger partial charge is 0.185 e. The Hall–Kier alpha value is -2.62. The van der Waals surface area contributed by atoms with Crippen LogP contribution >= 0.6 is 0 Å². The quantitative estimate of drug-likeness (QED) is 0.681. The molecule has 0 aliphatic carbocycles. The van der Waals surface area contributed by atoms with Gasteiger partial charge in [0.2, 0.25) is 0 Å². The van der Waals surface area contributed by atoms with Crippen LogP contribution in [-0.2, 0) is 0 Å². The Morgan fingerprint density at radius 3 is 2.62 bits per heavy atom. The van der Waals surface area contributed by atoms with Gasteiger partial charge in [0.15, 0.2) is 5.78 Å². The van der Waals surface area contributed by atoms with Crippen molar-refractivity contribution in [2.45, 2.75) is 0 Å². The number of para-hydroxylation sites is 1. The lowest BCUT2D eigenvalue weighted by Gasteiger charge is -2.17. The third-order valence-corrected chi connectivity index (χ3v) is 3.43. The molecule has 0 spiro atoms. The molecule has 0 radical (unpaired) electrons. The maximum Gasteiger partial charge on any atom is 0.185 e. The highest BCUT2D eigenvalue weighted by Crippen LogP contribution is 2.22. The second-order valence-electron chi connectivity index (χ2n) is 4.90. The minimum atomic E-state index is -0.292. The lowest BCUT2D eigenvalue weighted by Crippen LogP contribution is -2.25. The summed E-state index contributed by atoms with van der Waals surface area (Å²) in [5.74, 6) is -0.328. The zero-order valence-electron chi connectivity index (χ0n) is 11.5. The van der Waals surface area contributed by atoms with Crippen LogP contribution in [0, 0.1) is 5.82 Å². The van der Waals surface area contributed by atoms with Gasteiger partial charge < -0.3 is 9.32 Å². The van der Waals surface area contributed by atoms with E-state index in [1.54, 1.807) is 24.1 Å². The van der Waals surface area contributed by atoms with Crippen LogP contribution in [0.5, 0.6) is 0 Å². The van der Waals surface area contributed by atoms with Crippen LogP contribution in [0.25, 0.3) is 11.0 Å². The van der Waals surface area contributed by atoms with E-state index in [2.05, 4.69) is 0 Å². The van der Waals surface area contributed by atoms with Crippen molar-refractivity contribution in [1.29, 1.82) is 0 Å². The first kappa shape index (κ1) is 13.4. The molecule has 0 amide bonds. The first-order valence-electron chi connectivity index (χ1n) is 6.61. The maximum atomic E-state index is 12.9. The number of likely N-dealkylation sites (N-methyl/N-ethyl adjacent to an activating group) is 1. The minimum Gasteiger partial charge on any atom is -0.464 e. The summed E-state index contributed by atoms with van der Waals surface area (Å²) in [6.45, 7) is 0.204. The number of anilines is 1. The molecule has 0 saturated carbocycles. The number of furan rings is 1. The summed E-state index contributed by atoms with van der Waals surface area (Å²) >= 11 is 0. The number of hydrogen-bond acceptors (Lipinski definition) is 3. The number of ketones is 1. The van der Waals surface area contributed by atoms with Gasteiger partial charge in [0.05, 0.1) is 12.1 Å². The Morgan fingerprint density at radius 2 is 1.86 bits per heavy atom. The van der Waals surface area contributed by atoms with Gasteiger partial charge >= 0.3 is 0 Å². The van der Waals surface area contributed by atoms with Gasteiger partial charge in [-0.25, -0.2) is 4.39 Å². The summed E-state index contributed by atoms with van der Waals surface area (Å²) in [4.78, 5) is 14.2. The topological polar surface area (TPSA) is 33.5 Å². The van der Waals surface area contributed by atoms with Crippen molar-refractivity contribution >= 4 is 22.4 Å². The van der Waals surface area contributed by atoms with Gasteiger partial charge in [-0.1, -0.05) is 18.2 Å². The molecule has 3 aromatic rings. The Bertz CT molecular complexity index is 777. The van der Waals surface area contributed by atoms with Crippen molar-refractivity contribution in [2.24, 2.45) is 0 Å². The molecule has 4 heteroatoms. The second kappa shape index (κ2) is 5.40. The van der Waals surface area contributed by atoms with Crippen LogP contribution in [0.3, 0.4) is 0 Å². The normalized spacial score (nSPS) is 10.8. The van der Waals surface area contributed by atoms with Crippen LogP contribution in [-0.4, -0.2) is 19.4 Å². The van der Waals surface area contributed by atoms with E-state index >= 15 is 0 Å². The molecule has 1 aromatic heterocycles. The average molecular weight is 283 g/mol. The number of carbonyl (C=O) groups excluding carboxylic acids is 1. The van der Waals surface area contributed by atoms with Crippen molar-refractivity contribution < 1.29 is 13.6 Å². The Labute approximate surface area is 121 Å². The van der Waals surface area contributed by atoms with Gasteiger partial charge in [-0.3, -0.25) is 4.79 Å². The molecule has 3 nitrogen and oxygen atoms in total. The number of hydrogen-bond donors (Lipinski definition) is 0. The summed E-state index contributed by atoms with van der Waals surface area (Å²) in [6, 6.07) is 13.5. The number of halogens is 1. The third-order valence-electron chi connectivity index (χ3n) is 3.43. The van der Waals surface area contributed by atoms with Crippen molar-refractivity contribution in [1.82, 2.24) is 0 Å². The summed E-state index contributed by atoms with van der Waals surface area (Å²) in [7, 11) is 1.80.